The van der Waals surface area contributed by atoms with Crippen LogP contribution in [0.4, 0.5) is 0 Å². The Hall–Kier alpha value is 0.372. The summed E-state index contributed by atoms with van der Waals surface area (Å²) in [6.07, 6.45) is 0. The summed E-state index contributed by atoms with van der Waals surface area (Å²) in [6, 6.07) is 0. The van der Waals surface area contributed by atoms with Gasteiger partial charge in [0.25, 0.3) is 0 Å². The van der Waals surface area contributed by atoms with Crippen molar-refractivity contribution < 1.29 is 0 Å². The fourth-order valence-electron chi connectivity index (χ4n) is 1.72. The van der Waals surface area contributed by atoms with Crippen LogP contribution in [0.3, 0.4) is 0 Å². The minimum atomic E-state index is -1.06. The zero-order valence-electron chi connectivity index (χ0n) is 10.8. The van der Waals surface area contributed by atoms with E-state index in [-0.39, 0.29) is 0 Å². The van der Waals surface area contributed by atoms with E-state index < -0.39 is 14.8 Å². The van der Waals surface area contributed by atoms with Crippen LogP contribution < -0.4 is 0 Å². The molecule has 0 aliphatic carbocycles. The van der Waals surface area contributed by atoms with Crippen molar-refractivity contribution in [1.82, 2.24) is 16.6 Å². The monoisotopic (exact) mass is 216 g/mol. The smallest absolute Gasteiger partial charge is 0.362 e. The SMILES string of the molecule is CN(C)CC[N](C)[Al]([N](C)C)[N](C)C. The molecule has 0 unspecified atom stereocenters. The van der Waals surface area contributed by atoms with Crippen molar-refractivity contribution in [2.45, 2.75) is 0 Å². The standard InChI is InChI=1S/C5H13N2.2C2H6N.Al/c1-6-4-5-7(2)3;2*1-3-2;/h4-5H2,1-3H3;2*1-2H3;/q3*-1;+3. The van der Waals surface area contributed by atoms with E-state index in [9.17, 15) is 0 Å². The number of rotatable bonds is 6. The van der Waals surface area contributed by atoms with Gasteiger partial charge in [-0.25, -0.2) is 0 Å². The lowest BCUT2D eigenvalue weighted by Gasteiger charge is -2.32. The first kappa shape index (κ1) is 14.4. The molecule has 0 saturated carbocycles. The van der Waals surface area contributed by atoms with Crippen LogP contribution in [0.1, 0.15) is 0 Å². The van der Waals surface area contributed by atoms with E-state index in [4.69, 9.17) is 0 Å². The maximum Gasteiger partial charge on any atom is 0.608 e. The summed E-state index contributed by atoms with van der Waals surface area (Å²) in [4.78, 5) is 2.23. The van der Waals surface area contributed by atoms with Gasteiger partial charge >= 0.3 is 14.8 Å². The molecule has 0 bridgehead atoms. The molecular formula is C9H25AlN4. The lowest BCUT2D eigenvalue weighted by atomic mass is 10.6. The third-order valence-electron chi connectivity index (χ3n) is 2.22. The summed E-state index contributed by atoms with van der Waals surface area (Å²) in [5, 5.41) is 0. The van der Waals surface area contributed by atoms with Gasteiger partial charge in [0.15, 0.2) is 0 Å². The molecular weight excluding hydrogens is 191 g/mol. The van der Waals surface area contributed by atoms with E-state index in [0.29, 0.717) is 0 Å². The zero-order chi connectivity index (χ0) is 11.3. The highest BCUT2D eigenvalue weighted by molar-refractivity contribution is 6.49. The van der Waals surface area contributed by atoms with Gasteiger partial charge < -0.3 is 16.6 Å². The molecule has 0 aliphatic rings. The van der Waals surface area contributed by atoms with E-state index in [1.807, 2.05) is 0 Å². The molecule has 0 aromatic rings. The second kappa shape index (κ2) is 6.78. The second-order valence-corrected chi connectivity index (χ2v) is 8.20. The lowest BCUT2D eigenvalue weighted by molar-refractivity contribution is 0.325. The number of hydrogen-bond acceptors (Lipinski definition) is 4. The molecule has 0 radical (unpaired) electrons. The van der Waals surface area contributed by atoms with E-state index in [1.165, 1.54) is 0 Å². The van der Waals surface area contributed by atoms with Crippen LogP contribution in [-0.2, 0) is 0 Å². The average molecular weight is 216 g/mol. The van der Waals surface area contributed by atoms with Gasteiger partial charge in [0, 0.05) is 6.54 Å². The highest BCUT2D eigenvalue weighted by Crippen LogP contribution is 1.97. The van der Waals surface area contributed by atoms with Gasteiger partial charge in [-0.1, -0.05) is 0 Å². The Balaban J connectivity index is 4.09. The molecule has 0 atom stereocenters. The highest BCUT2D eigenvalue weighted by atomic mass is 27.2. The highest BCUT2D eigenvalue weighted by Gasteiger charge is 2.31. The molecule has 14 heavy (non-hydrogen) atoms. The van der Waals surface area contributed by atoms with Gasteiger partial charge in [-0.3, -0.25) is 0 Å². The molecule has 0 aliphatic heterocycles. The summed E-state index contributed by atoms with van der Waals surface area (Å²) < 4.78 is 7.20. The van der Waals surface area contributed by atoms with Crippen molar-refractivity contribution in [3.05, 3.63) is 0 Å². The lowest BCUT2D eigenvalue weighted by Crippen LogP contribution is -2.58. The number of likely N-dealkylation sites (N-methyl/N-ethyl adjacent to an activating group) is 2. The van der Waals surface area contributed by atoms with Crippen molar-refractivity contribution in [2.75, 3.05) is 62.4 Å². The number of hydrogen-bond donors (Lipinski definition) is 0. The molecule has 4 nitrogen and oxygen atoms in total. The van der Waals surface area contributed by atoms with Crippen molar-refractivity contribution in [3.8, 4) is 0 Å². The van der Waals surface area contributed by atoms with Gasteiger partial charge in [0.1, 0.15) is 0 Å². The first-order valence-corrected chi connectivity index (χ1v) is 6.59. The molecule has 0 amide bonds. The summed E-state index contributed by atoms with van der Waals surface area (Å²) in [5.41, 5.74) is 0. The van der Waals surface area contributed by atoms with Crippen molar-refractivity contribution in [1.29, 1.82) is 0 Å². The fourth-order valence-corrected chi connectivity index (χ4v) is 4.57. The van der Waals surface area contributed by atoms with Crippen molar-refractivity contribution in [3.63, 3.8) is 0 Å². The maximum absolute atomic E-state index is 2.49. The molecule has 0 fully saturated rings. The summed E-state index contributed by atoms with van der Waals surface area (Å²) in [5.74, 6) is 0. The van der Waals surface area contributed by atoms with Crippen molar-refractivity contribution >= 4 is 14.8 Å². The third-order valence-corrected chi connectivity index (χ3v) is 5.11. The summed E-state index contributed by atoms with van der Waals surface area (Å²) >= 11 is -1.06. The molecule has 0 spiro atoms. The van der Waals surface area contributed by atoms with Crippen LogP contribution in [0, 0.1) is 0 Å². The Morgan fingerprint density at radius 2 is 1.14 bits per heavy atom. The van der Waals surface area contributed by atoms with E-state index in [2.05, 4.69) is 65.9 Å². The quantitative estimate of drug-likeness (QED) is 0.559. The normalized spacial score (nSPS) is 12.2. The molecule has 5 heteroatoms. The number of nitrogens with zero attached hydrogens (tertiary/aromatic N) is 4. The van der Waals surface area contributed by atoms with Crippen LogP contribution in [0.5, 0.6) is 0 Å². The Morgan fingerprint density at radius 3 is 1.43 bits per heavy atom. The largest absolute Gasteiger partial charge is 0.608 e. The first-order valence-electron chi connectivity index (χ1n) is 5.04. The molecule has 0 aromatic heterocycles. The van der Waals surface area contributed by atoms with Crippen LogP contribution in [-0.4, -0.2) is 93.8 Å². The summed E-state index contributed by atoms with van der Waals surface area (Å²) in [6.45, 7) is 2.27. The van der Waals surface area contributed by atoms with Gasteiger partial charge in [-0.2, -0.15) is 0 Å². The molecule has 0 aromatic carbocycles. The molecule has 0 rings (SSSR count). The molecule has 84 valence electrons. The van der Waals surface area contributed by atoms with Gasteiger partial charge in [0.05, 0.1) is 0 Å². The summed E-state index contributed by atoms with van der Waals surface area (Å²) in [7, 11) is 15.1. The van der Waals surface area contributed by atoms with Gasteiger partial charge in [0.2, 0.25) is 0 Å². The predicted octanol–water partition coefficient (Wildman–Crippen LogP) is -0.412. The Kier molecular flexibility index (Phi) is 6.96. The van der Waals surface area contributed by atoms with Gasteiger partial charge in [-0.15, -0.1) is 0 Å². The minimum Gasteiger partial charge on any atom is -0.362 e. The average Bonchev–Trinajstić information content (AvgIpc) is 1.99. The predicted molar refractivity (Wildman–Crippen MR) is 64.3 cm³/mol. The first-order chi connectivity index (χ1) is 6.36. The minimum absolute atomic E-state index is 1.06. The van der Waals surface area contributed by atoms with Crippen LogP contribution in [0.2, 0.25) is 0 Å². The zero-order valence-corrected chi connectivity index (χ0v) is 11.9. The molecule has 0 saturated heterocycles. The maximum atomic E-state index is 2.49. The molecule has 0 heterocycles. The Labute approximate surface area is 94.1 Å². The van der Waals surface area contributed by atoms with E-state index >= 15 is 0 Å². The van der Waals surface area contributed by atoms with E-state index in [0.717, 1.165) is 13.1 Å². The second-order valence-electron chi connectivity index (χ2n) is 4.56. The Bertz CT molecular complexity index is 142. The Morgan fingerprint density at radius 1 is 0.714 bits per heavy atom. The fraction of sp³-hybridized carbons (Fsp3) is 1.00. The van der Waals surface area contributed by atoms with Crippen LogP contribution >= 0.6 is 0 Å². The third kappa shape index (κ3) is 5.30. The molecule has 0 N–H and O–H groups in total. The van der Waals surface area contributed by atoms with Gasteiger partial charge in [-0.05, 0) is 55.9 Å². The topological polar surface area (TPSA) is 13.0 Å². The van der Waals surface area contributed by atoms with Crippen molar-refractivity contribution in [2.24, 2.45) is 0 Å². The van der Waals surface area contributed by atoms with Crippen LogP contribution in [0.15, 0.2) is 0 Å². The van der Waals surface area contributed by atoms with E-state index in [1.54, 1.807) is 0 Å². The van der Waals surface area contributed by atoms with Crippen LogP contribution in [0.25, 0.3) is 0 Å².